The van der Waals surface area contributed by atoms with E-state index in [-0.39, 0.29) is 70.5 Å². The lowest BCUT2D eigenvalue weighted by Gasteiger charge is -2.18. The van der Waals surface area contributed by atoms with Crippen LogP contribution in [0, 0.1) is 54.1 Å². The fourth-order valence-corrected chi connectivity index (χ4v) is 12.8. The Kier molecular flexibility index (Phi) is 84.3. The number of unbranched alkanes of at least 4 members (excludes halogenated alkanes) is 2. The van der Waals surface area contributed by atoms with Gasteiger partial charge in [0.15, 0.2) is 11.6 Å². The van der Waals surface area contributed by atoms with Gasteiger partial charge in [0, 0.05) is 141 Å². The molecule has 136 heavy (non-hydrogen) atoms. The summed E-state index contributed by atoms with van der Waals surface area (Å²) in [7, 11) is 3.65. The second-order valence-electron chi connectivity index (χ2n) is 47.3. The van der Waals surface area contributed by atoms with Crippen LogP contribution >= 0.6 is 0 Å². The molecule has 34 nitrogen and oxygen atoms in total. The smallest absolute Gasteiger partial charge is 0.318 e. The highest BCUT2D eigenvalue weighted by Crippen LogP contribution is 2.29. The van der Waals surface area contributed by atoms with Crippen LogP contribution in [0.1, 0.15) is 414 Å². The van der Waals surface area contributed by atoms with Crippen LogP contribution in [0.5, 0.6) is 0 Å². The molecule has 0 aromatic carbocycles. The van der Waals surface area contributed by atoms with Crippen LogP contribution in [0.25, 0.3) is 0 Å². The van der Waals surface area contributed by atoms with Gasteiger partial charge < -0.3 is 30.3 Å². The number of aliphatic hydroxyl groups is 1. The zero-order chi connectivity index (χ0) is 110. The maximum absolute atomic E-state index is 11.3. The first kappa shape index (κ1) is 151. The van der Waals surface area contributed by atoms with E-state index in [9.17, 15) is 62.4 Å². The number of nitrogens with one attached hydrogen (secondary N) is 3. The molecule has 13 N–H and O–H groups in total. The molecule has 0 aromatic rings. The SMILES string of the molecule is CC(C)(C)CCCC(=O)CO.CC(C)(C)CCCCC(N)=NS(N)(=O)=O.CCC(=O)CCCC(C)(C)C.CN(C)C(=NCCCC(C)(C)C)NS(C)(=O)=O.CN(C)C(=NCCCC(C)(C)C)NS(N)(=O)=O.CN(C)C(=O)CCCC(C)(C)C.CN(O)C(=O)CCCC(C)(C)C.CN=C(CCCCC(C)(C)C)NS(N)(=O)=O.COCC(=O)CCCC(C)(C)C.CON(C)C(=O)CCCC(C)(C)C. The lowest BCUT2D eigenvalue weighted by molar-refractivity contribution is -0.168. The first-order valence-electron chi connectivity index (χ1n) is 48.1. The highest BCUT2D eigenvalue weighted by molar-refractivity contribution is 7.89. The number of sulfonamides is 1. The molecule has 816 valence electrons. The van der Waals surface area contributed by atoms with E-state index in [4.69, 9.17) is 41.0 Å². The van der Waals surface area contributed by atoms with Crippen molar-refractivity contribution >= 4 is 99.3 Å². The van der Waals surface area contributed by atoms with Gasteiger partial charge in [-0.15, -0.1) is 4.40 Å². The number of amidine groups is 2. The molecule has 38 heteroatoms. The number of aliphatic hydroxyl groups excluding tert-OH is 1. The monoisotopic (exact) mass is 2030 g/mol. The third kappa shape index (κ3) is 146. The Morgan fingerprint density at radius 1 is 0.360 bits per heavy atom. The van der Waals surface area contributed by atoms with Crippen molar-refractivity contribution in [2.75, 3.05) is 110 Å². The number of Topliss-reactive ketones (excluding diaryl/α,β-unsaturated/α-hetero) is 3. The molecule has 0 aliphatic carbocycles. The average molecular weight is 2030 g/mol. The van der Waals surface area contributed by atoms with Gasteiger partial charge in [0.2, 0.25) is 39.7 Å². The predicted molar refractivity (Wildman–Crippen MR) is 571 cm³/mol. The average Bonchev–Trinajstić information content (AvgIpc) is 0.833. The molecule has 0 unspecified atom stereocenters. The minimum absolute atomic E-state index is 0.0470. The lowest BCUT2D eigenvalue weighted by Crippen LogP contribution is -2.43. The molecule has 0 aliphatic rings. The van der Waals surface area contributed by atoms with E-state index >= 15 is 0 Å². The fraction of sp³-hybridized carbons (Fsp3) is 0.898. The Labute approximate surface area is 834 Å². The summed E-state index contributed by atoms with van der Waals surface area (Å²) in [6, 6.07) is 0. The summed E-state index contributed by atoms with van der Waals surface area (Å²) >= 11 is 0. The number of aliphatic imine (C=N–C) groups is 3. The lowest BCUT2D eigenvalue weighted by atomic mass is 9.89. The molecule has 0 bridgehead atoms. The Morgan fingerprint density at radius 3 is 0.897 bits per heavy atom. The molecule has 0 fully saturated rings. The molecule has 0 saturated heterocycles. The summed E-state index contributed by atoms with van der Waals surface area (Å²) in [6.45, 7) is 68.4. The molecular formula is C98H212N16O18S4. The van der Waals surface area contributed by atoms with Crippen LogP contribution < -0.4 is 35.3 Å². The maximum Gasteiger partial charge on any atom is 0.318 e. The van der Waals surface area contributed by atoms with E-state index in [1.807, 2.05) is 6.92 Å². The summed E-state index contributed by atoms with van der Waals surface area (Å²) < 4.78 is 101. The first-order valence-corrected chi connectivity index (χ1v) is 54.6. The Balaban J connectivity index is -0.000000163. The van der Waals surface area contributed by atoms with Crippen LogP contribution in [0.4, 0.5) is 0 Å². The molecule has 0 atom stereocenters. The second-order valence-corrected chi connectivity index (χ2v) is 52.9. The molecule has 0 rings (SSSR count). The molecule has 0 radical (unpaired) electrons. The van der Waals surface area contributed by atoms with Crippen molar-refractivity contribution < 1.29 is 82.3 Å². The van der Waals surface area contributed by atoms with Gasteiger partial charge in [-0.3, -0.25) is 63.2 Å². The number of carbonyl (C=O) groups excluding carboxylic acids is 6. The van der Waals surface area contributed by atoms with Crippen LogP contribution in [0.3, 0.4) is 0 Å². The summed E-state index contributed by atoms with van der Waals surface area (Å²) in [4.78, 5) is 87.9. The topological polar surface area (TPSA) is 504 Å². The largest absolute Gasteiger partial charge is 0.389 e. The van der Waals surface area contributed by atoms with Gasteiger partial charge in [-0.05, 0) is 183 Å². The van der Waals surface area contributed by atoms with Gasteiger partial charge in [0.1, 0.15) is 30.7 Å². The first-order chi connectivity index (χ1) is 60.6. The number of ketones is 3. The number of hydrogen-bond acceptors (Lipinski definition) is 21. The summed E-state index contributed by atoms with van der Waals surface area (Å²) in [6.07, 6.45) is 28.7. The Hall–Kier alpha value is -5.58. The van der Waals surface area contributed by atoms with Gasteiger partial charge in [0.05, 0.1) is 13.4 Å². The molecule has 3 amide bonds. The number of guanidine groups is 2. The van der Waals surface area contributed by atoms with E-state index in [1.165, 1.54) is 19.2 Å². The van der Waals surface area contributed by atoms with E-state index < -0.39 is 40.7 Å². The quantitative estimate of drug-likeness (QED) is 0.00902. The number of methoxy groups -OCH3 is 1. The number of rotatable bonds is 41. The van der Waals surface area contributed by atoms with E-state index in [1.54, 1.807) is 78.2 Å². The summed E-state index contributed by atoms with van der Waals surface area (Å²) in [5, 5.41) is 33.6. The van der Waals surface area contributed by atoms with Gasteiger partial charge in [0.25, 0.3) is 20.4 Å². The normalized spacial score (nSPS) is 12.6. The molecule has 0 aromatic heterocycles. The Morgan fingerprint density at radius 2 is 0.640 bits per heavy atom. The van der Waals surface area contributed by atoms with Crippen molar-refractivity contribution in [3.05, 3.63) is 0 Å². The predicted octanol–water partition coefficient (Wildman–Crippen LogP) is 18.3. The molecular weight excluding hydrogens is 1820 g/mol. The number of amides is 3. The highest BCUT2D eigenvalue weighted by atomic mass is 32.2. The van der Waals surface area contributed by atoms with Crippen molar-refractivity contribution in [2.45, 2.75) is 414 Å². The third-order valence-electron chi connectivity index (χ3n) is 18.5. The zero-order valence-corrected chi connectivity index (χ0v) is 97.9. The van der Waals surface area contributed by atoms with Crippen LogP contribution in [-0.4, -0.2) is 238 Å². The third-order valence-corrected chi connectivity index (χ3v) is 20.5. The molecule has 0 spiro atoms. The van der Waals surface area contributed by atoms with Gasteiger partial charge in [-0.1, -0.05) is 227 Å². The molecule has 0 saturated carbocycles. The van der Waals surface area contributed by atoms with E-state index in [2.05, 4.69) is 241 Å². The van der Waals surface area contributed by atoms with Gasteiger partial charge >= 0.3 is 10.2 Å². The molecule has 0 aliphatic heterocycles. The van der Waals surface area contributed by atoms with Crippen molar-refractivity contribution in [1.82, 2.24) is 39.0 Å². The van der Waals surface area contributed by atoms with Crippen LogP contribution in [0.2, 0.25) is 0 Å². The standard InChI is InChI=1S/C11H25N3O2S.C10H24N4O2S.C10H23N3O2S.C10H21NO2.C10H21NO.C10H20O2.C10H20O.C9H21N3O2S.C9H19NO2.C9H18O2/c1-11(2,3)8-7-9-12-10(14(4)5)13-17(6,15)16;1-10(2,3)7-6-8-12-9(14(4)5)13-17(11,15)16;1-10(2,3)8-6-5-7-9(12-4)13-16(11,14)15;1-10(2,3)8-6-7-9(12)11(4)13-5;1-10(2,3)8-6-7-9(12)11(4)5;1-10(2,3)7-5-6-9(11)8-12-4;1-5-9(11)7-6-8-10(2,3)4;1-9(2,3)7-5-4-6-8(10)12-15(11,13)14;1-9(2,3)7-5-6-8(11)10(4)12;1-9(2,3)6-4-5-8(11)7-10/h7-9H2,1-6H3,(H,12,13);6-8H2,1-5H3,(H,12,13)(H2,11,15,16);5-8H2,1-4H3,(H,12,13)(H2,11,14,15);6-8H2,1-5H3;6-8H2,1-5H3;5-8H2,1-4H3;5-8H2,1-4H3;4-7H2,1-3H3,(H2,10,12)(H2,11,13,14);12H,5-7H2,1-4H3;10H,4-7H2,1-3H3. The maximum atomic E-state index is 11.3. The number of hydroxylamine groups is 4. The fourth-order valence-electron chi connectivity index (χ4n) is 10.8. The summed E-state index contributed by atoms with van der Waals surface area (Å²) in [5.74, 6) is 1.81. The van der Waals surface area contributed by atoms with Crippen LogP contribution in [-0.2, 0) is 79.0 Å². The van der Waals surface area contributed by atoms with E-state index in [0.29, 0.717) is 125 Å². The van der Waals surface area contributed by atoms with Crippen molar-refractivity contribution in [3.8, 4) is 0 Å². The number of hydrogen-bond donors (Lipinski definition) is 9. The number of nitrogens with two attached hydrogens (primary N) is 4. The van der Waals surface area contributed by atoms with Crippen molar-refractivity contribution in [3.63, 3.8) is 0 Å². The Bertz CT molecular complexity index is 3620. The number of carbonyl (C=O) groups is 6. The second kappa shape index (κ2) is 76.1. The van der Waals surface area contributed by atoms with Gasteiger partial charge in [-0.25, -0.2) is 38.7 Å². The minimum atomic E-state index is -3.83. The van der Waals surface area contributed by atoms with Crippen LogP contribution in [0.15, 0.2) is 19.4 Å². The minimum Gasteiger partial charge on any atom is -0.389 e. The number of nitrogens with zero attached hydrogens (tertiary/aromatic N) is 9. The van der Waals surface area contributed by atoms with Crippen molar-refractivity contribution in [2.24, 2.45) is 94.7 Å². The molecule has 0 heterocycles. The zero-order valence-electron chi connectivity index (χ0n) is 94.6. The van der Waals surface area contributed by atoms with Gasteiger partial charge in [-0.2, -0.15) is 25.3 Å². The van der Waals surface area contributed by atoms with E-state index in [0.717, 1.165) is 154 Å². The summed E-state index contributed by atoms with van der Waals surface area (Å²) in [5.41, 5.74) is 8.53. The van der Waals surface area contributed by atoms with Crippen molar-refractivity contribution in [1.29, 1.82) is 0 Å². The number of ether oxygens (including phenoxy) is 1. The highest BCUT2D eigenvalue weighted by Gasteiger charge is 2.21.